The zero-order valence-electron chi connectivity index (χ0n) is 6.90. The lowest BCUT2D eigenvalue weighted by molar-refractivity contribution is -0.155. The van der Waals surface area contributed by atoms with Crippen molar-refractivity contribution in [1.82, 2.24) is 5.01 Å². The van der Waals surface area contributed by atoms with Crippen LogP contribution in [0.3, 0.4) is 0 Å². The maximum absolute atomic E-state index is 10.4. The van der Waals surface area contributed by atoms with E-state index in [4.69, 9.17) is 4.74 Å². The summed E-state index contributed by atoms with van der Waals surface area (Å²) in [6.07, 6.45) is 0.00644. The summed E-state index contributed by atoms with van der Waals surface area (Å²) in [5, 5.41) is 3.69. The third kappa shape index (κ3) is 3.54. The second-order valence-electron chi connectivity index (χ2n) is 2.13. The van der Waals surface area contributed by atoms with Gasteiger partial charge >= 0.3 is 5.97 Å². The van der Waals surface area contributed by atoms with Gasteiger partial charge in [0.1, 0.15) is 0 Å². The van der Waals surface area contributed by atoms with E-state index in [1.54, 1.807) is 6.92 Å². The lowest BCUT2D eigenvalue weighted by atomic mass is 10.4. The molecule has 64 valence electrons. The number of carbonyl (C=O) groups is 1. The van der Waals surface area contributed by atoms with Crippen molar-refractivity contribution < 1.29 is 9.53 Å². The van der Waals surface area contributed by atoms with E-state index < -0.39 is 12.2 Å². The molecule has 0 aliphatic rings. The van der Waals surface area contributed by atoms with Gasteiger partial charge in [-0.15, -0.1) is 4.91 Å². The van der Waals surface area contributed by atoms with Gasteiger partial charge in [-0.3, -0.25) is 4.79 Å². The molecular weight excluding hydrogens is 148 g/mol. The van der Waals surface area contributed by atoms with E-state index in [0.29, 0.717) is 6.42 Å². The topological polar surface area (TPSA) is 59.0 Å². The van der Waals surface area contributed by atoms with Crippen molar-refractivity contribution >= 4 is 5.97 Å². The predicted octanol–water partition coefficient (Wildman–Crippen LogP) is 0.899. The lowest BCUT2D eigenvalue weighted by Gasteiger charge is -2.19. The monoisotopic (exact) mass is 160 g/mol. The van der Waals surface area contributed by atoms with Gasteiger partial charge in [0.05, 0.1) is 5.29 Å². The molecule has 0 heterocycles. The van der Waals surface area contributed by atoms with Gasteiger partial charge in [-0.25, -0.2) is 5.01 Å². The van der Waals surface area contributed by atoms with E-state index in [1.807, 2.05) is 0 Å². The van der Waals surface area contributed by atoms with Crippen LogP contribution in [0.25, 0.3) is 0 Å². The molecule has 0 fully saturated rings. The molecule has 0 bridgehead atoms. The quantitative estimate of drug-likeness (QED) is 0.265. The van der Waals surface area contributed by atoms with Crippen molar-refractivity contribution in [1.29, 1.82) is 0 Å². The Morgan fingerprint density at radius 2 is 2.27 bits per heavy atom. The molecule has 0 rings (SSSR count). The zero-order valence-corrected chi connectivity index (χ0v) is 6.90. The molecule has 0 aliphatic heterocycles. The molecule has 0 spiro atoms. The highest BCUT2D eigenvalue weighted by molar-refractivity contribution is 5.66. The molecule has 0 saturated carbocycles. The molecule has 1 unspecified atom stereocenters. The van der Waals surface area contributed by atoms with E-state index in [1.165, 1.54) is 14.0 Å². The Balaban J connectivity index is 3.93. The standard InChI is InChI=1S/C6H12N2O3/c1-4-6(8(3)7-10)11-5(2)9/h6H,4H2,1-3H3. The summed E-state index contributed by atoms with van der Waals surface area (Å²) in [6, 6.07) is 0. The maximum atomic E-state index is 10.4. The fourth-order valence-electron chi connectivity index (χ4n) is 0.668. The Hall–Kier alpha value is -1.13. The van der Waals surface area contributed by atoms with Crippen molar-refractivity contribution in [2.24, 2.45) is 5.29 Å². The van der Waals surface area contributed by atoms with Crippen LogP contribution in [0, 0.1) is 4.91 Å². The molecular formula is C6H12N2O3. The molecule has 0 aromatic carbocycles. The number of ether oxygens (including phenoxy) is 1. The Morgan fingerprint density at radius 3 is 2.55 bits per heavy atom. The van der Waals surface area contributed by atoms with Crippen molar-refractivity contribution in [2.45, 2.75) is 26.5 Å². The minimum atomic E-state index is -0.537. The first-order valence-electron chi connectivity index (χ1n) is 3.35. The van der Waals surface area contributed by atoms with Crippen molar-refractivity contribution in [3.63, 3.8) is 0 Å². The van der Waals surface area contributed by atoms with Crippen LogP contribution >= 0.6 is 0 Å². The lowest BCUT2D eigenvalue weighted by Crippen LogP contribution is -2.30. The SMILES string of the molecule is CCC(OC(C)=O)N(C)N=O. The first-order chi connectivity index (χ1) is 5.11. The molecule has 5 heteroatoms. The number of esters is 1. The van der Waals surface area contributed by atoms with Crippen LogP contribution in [0.5, 0.6) is 0 Å². The molecule has 0 aromatic heterocycles. The Bertz CT molecular complexity index is 149. The number of nitroso groups, excluding NO2 is 1. The smallest absolute Gasteiger partial charge is 0.304 e. The Labute approximate surface area is 65.3 Å². The van der Waals surface area contributed by atoms with Crippen LogP contribution in [0.15, 0.2) is 5.29 Å². The van der Waals surface area contributed by atoms with Crippen LogP contribution in [-0.2, 0) is 9.53 Å². The summed E-state index contributed by atoms with van der Waals surface area (Å²) >= 11 is 0. The van der Waals surface area contributed by atoms with E-state index >= 15 is 0 Å². The molecule has 5 nitrogen and oxygen atoms in total. The van der Waals surface area contributed by atoms with Gasteiger partial charge in [0.25, 0.3) is 0 Å². The second-order valence-corrected chi connectivity index (χ2v) is 2.13. The second kappa shape index (κ2) is 4.65. The summed E-state index contributed by atoms with van der Waals surface area (Å²) in [5.41, 5.74) is 0. The number of rotatable bonds is 4. The van der Waals surface area contributed by atoms with Crippen LogP contribution in [0.4, 0.5) is 0 Å². The fraction of sp³-hybridized carbons (Fsp3) is 0.833. The molecule has 0 aromatic rings. The van der Waals surface area contributed by atoms with E-state index in [2.05, 4.69) is 5.29 Å². The van der Waals surface area contributed by atoms with Crippen molar-refractivity contribution in [3.05, 3.63) is 4.91 Å². The summed E-state index contributed by atoms with van der Waals surface area (Å²) in [5.74, 6) is -0.410. The average molecular weight is 160 g/mol. The average Bonchev–Trinajstić information content (AvgIpc) is 1.98. The van der Waals surface area contributed by atoms with Gasteiger partial charge in [-0.2, -0.15) is 0 Å². The zero-order chi connectivity index (χ0) is 8.85. The highest BCUT2D eigenvalue weighted by Crippen LogP contribution is 2.03. The van der Waals surface area contributed by atoms with Crippen LogP contribution in [0.2, 0.25) is 0 Å². The number of nitrogens with zero attached hydrogens (tertiary/aromatic N) is 2. The van der Waals surface area contributed by atoms with Crippen molar-refractivity contribution in [3.8, 4) is 0 Å². The number of hydrogen-bond donors (Lipinski definition) is 0. The van der Waals surface area contributed by atoms with E-state index in [0.717, 1.165) is 5.01 Å². The van der Waals surface area contributed by atoms with Gasteiger partial charge in [-0.05, 0) is 0 Å². The molecule has 0 saturated heterocycles. The minimum absolute atomic E-state index is 0.410. The normalized spacial score (nSPS) is 11.9. The van der Waals surface area contributed by atoms with Gasteiger partial charge in [-0.1, -0.05) is 6.92 Å². The molecule has 1 atom stereocenters. The van der Waals surface area contributed by atoms with Gasteiger partial charge < -0.3 is 4.74 Å². The van der Waals surface area contributed by atoms with Gasteiger partial charge in [0, 0.05) is 20.4 Å². The summed E-state index contributed by atoms with van der Waals surface area (Å²) < 4.78 is 4.75. The van der Waals surface area contributed by atoms with Crippen LogP contribution in [-0.4, -0.2) is 24.3 Å². The van der Waals surface area contributed by atoms with Gasteiger partial charge in [0.2, 0.25) is 0 Å². The fourth-order valence-corrected chi connectivity index (χ4v) is 0.668. The maximum Gasteiger partial charge on any atom is 0.304 e. The number of carbonyl (C=O) groups excluding carboxylic acids is 1. The highest BCUT2D eigenvalue weighted by atomic mass is 16.6. The molecule has 0 radical (unpaired) electrons. The predicted molar refractivity (Wildman–Crippen MR) is 39.4 cm³/mol. The summed E-state index contributed by atoms with van der Waals surface area (Å²) in [7, 11) is 1.46. The first-order valence-corrected chi connectivity index (χ1v) is 3.35. The molecule has 0 N–H and O–H groups in total. The molecule has 0 aliphatic carbocycles. The third-order valence-corrected chi connectivity index (χ3v) is 1.20. The number of hydrogen-bond acceptors (Lipinski definition) is 4. The van der Waals surface area contributed by atoms with Crippen molar-refractivity contribution in [2.75, 3.05) is 7.05 Å². The summed E-state index contributed by atoms with van der Waals surface area (Å²) in [6.45, 7) is 3.09. The Morgan fingerprint density at radius 1 is 1.73 bits per heavy atom. The summed E-state index contributed by atoms with van der Waals surface area (Å²) in [4.78, 5) is 20.4. The Kier molecular flexibility index (Phi) is 4.17. The minimum Gasteiger partial charge on any atom is -0.440 e. The molecule has 0 amide bonds. The van der Waals surface area contributed by atoms with Crippen LogP contribution in [0.1, 0.15) is 20.3 Å². The van der Waals surface area contributed by atoms with Crippen LogP contribution < -0.4 is 0 Å². The van der Waals surface area contributed by atoms with Gasteiger partial charge in [0.15, 0.2) is 6.23 Å². The highest BCUT2D eigenvalue weighted by Gasteiger charge is 2.13. The van der Waals surface area contributed by atoms with E-state index in [-0.39, 0.29) is 0 Å². The molecule has 11 heavy (non-hydrogen) atoms. The van der Waals surface area contributed by atoms with E-state index in [9.17, 15) is 9.70 Å². The largest absolute Gasteiger partial charge is 0.440 e. The first kappa shape index (κ1) is 9.87. The third-order valence-electron chi connectivity index (χ3n) is 1.20.